The molecule has 1 aromatic heterocycles. The van der Waals surface area contributed by atoms with Crippen molar-refractivity contribution in [3.05, 3.63) is 51.3 Å². The molecule has 0 aliphatic carbocycles. The Morgan fingerprint density at radius 2 is 2.32 bits per heavy atom. The van der Waals surface area contributed by atoms with Crippen LogP contribution < -0.4 is 4.74 Å². The molecule has 0 bridgehead atoms. The third-order valence-corrected chi connectivity index (χ3v) is 4.96. The van der Waals surface area contributed by atoms with Crippen molar-refractivity contribution in [1.29, 1.82) is 5.26 Å². The molecule has 1 aliphatic rings. The van der Waals surface area contributed by atoms with Crippen LogP contribution >= 0.6 is 27.5 Å². The van der Waals surface area contributed by atoms with E-state index in [1.807, 2.05) is 29.2 Å². The van der Waals surface area contributed by atoms with E-state index in [2.05, 4.69) is 22.0 Å². The number of ether oxygens (including phenoxy) is 1. The van der Waals surface area contributed by atoms with Crippen LogP contribution in [0.2, 0.25) is 5.02 Å². The van der Waals surface area contributed by atoms with Crippen molar-refractivity contribution in [2.75, 3.05) is 13.1 Å². The van der Waals surface area contributed by atoms with Crippen LogP contribution in [0.4, 0.5) is 0 Å². The maximum absolute atomic E-state index is 8.90. The molecule has 4 nitrogen and oxygen atoms in total. The summed E-state index contributed by atoms with van der Waals surface area (Å²) >= 11 is 9.69. The molecular formula is C16H14BrClN2O2. The number of halogens is 2. The van der Waals surface area contributed by atoms with Gasteiger partial charge in [-0.3, -0.25) is 4.90 Å². The Morgan fingerprint density at radius 3 is 3.14 bits per heavy atom. The summed E-state index contributed by atoms with van der Waals surface area (Å²) in [5.74, 6) is 1.49. The molecule has 1 aromatic carbocycles. The highest BCUT2D eigenvalue weighted by molar-refractivity contribution is 9.10. The van der Waals surface area contributed by atoms with Crippen molar-refractivity contribution in [2.24, 2.45) is 0 Å². The summed E-state index contributed by atoms with van der Waals surface area (Å²) in [6.45, 7) is 1.78. The summed E-state index contributed by atoms with van der Waals surface area (Å²) in [4.78, 5) is 2.05. The number of benzene rings is 1. The summed E-state index contributed by atoms with van der Waals surface area (Å²) in [5.41, 5.74) is 1.02. The van der Waals surface area contributed by atoms with Crippen LogP contribution in [0.15, 0.2) is 39.4 Å². The predicted octanol–water partition coefficient (Wildman–Crippen LogP) is 4.54. The molecule has 114 valence electrons. The average Bonchev–Trinajstić information content (AvgIpc) is 2.89. The van der Waals surface area contributed by atoms with Gasteiger partial charge >= 0.3 is 0 Å². The first-order valence-electron chi connectivity index (χ1n) is 6.95. The Bertz CT molecular complexity index is 710. The lowest BCUT2D eigenvalue weighted by atomic mass is 10.1. The van der Waals surface area contributed by atoms with Gasteiger partial charge in [-0.2, -0.15) is 5.26 Å². The monoisotopic (exact) mass is 380 g/mol. The van der Waals surface area contributed by atoms with Crippen LogP contribution in [0.3, 0.4) is 0 Å². The zero-order valence-electron chi connectivity index (χ0n) is 11.8. The van der Waals surface area contributed by atoms with Crippen molar-refractivity contribution < 1.29 is 9.15 Å². The van der Waals surface area contributed by atoms with Gasteiger partial charge in [0, 0.05) is 23.0 Å². The number of hydrogen-bond acceptors (Lipinski definition) is 4. The molecule has 22 heavy (non-hydrogen) atoms. The molecular weight excluding hydrogens is 368 g/mol. The first-order chi connectivity index (χ1) is 10.7. The molecule has 0 saturated carbocycles. The molecule has 0 N–H and O–H groups in total. The fraction of sp³-hybridized carbons (Fsp3) is 0.312. The van der Waals surface area contributed by atoms with Crippen LogP contribution in [0.1, 0.15) is 23.8 Å². The molecule has 3 rings (SSSR count). The lowest BCUT2D eigenvalue weighted by molar-refractivity contribution is 0.179. The molecule has 0 amide bonds. The van der Waals surface area contributed by atoms with Crippen molar-refractivity contribution in [1.82, 2.24) is 4.90 Å². The number of hydrogen-bond donors (Lipinski definition) is 0. The fourth-order valence-corrected chi connectivity index (χ4v) is 3.11. The smallest absolute Gasteiger partial charge is 0.139 e. The van der Waals surface area contributed by atoms with Gasteiger partial charge < -0.3 is 9.15 Å². The second-order valence-corrected chi connectivity index (χ2v) is 6.35. The Balaban J connectivity index is 1.86. The van der Waals surface area contributed by atoms with Gasteiger partial charge in [0.05, 0.1) is 30.4 Å². The highest BCUT2D eigenvalue weighted by Crippen LogP contribution is 2.37. The van der Waals surface area contributed by atoms with Crippen molar-refractivity contribution >= 4 is 27.5 Å². The van der Waals surface area contributed by atoms with Gasteiger partial charge in [0.25, 0.3) is 0 Å². The number of nitriles is 1. The fourth-order valence-electron chi connectivity index (χ4n) is 2.59. The number of fused-ring (bicyclic) bond motifs is 1. The highest BCUT2D eigenvalue weighted by Gasteiger charge is 2.26. The zero-order chi connectivity index (χ0) is 15.5. The van der Waals surface area contributed by atoms with Crippen molar-refractivity contribution in [3.8, 4) is 11.8 Å². The minimum absolute atomic E-state index is 0.135. The van der Waals surface area contributed by atoms with Crippen LogP contribution in [0, 0.1) is 11.3 Å². The van der Waals surface area contributed by atoms with E-state index in [4.69, 9.17) is 26.0 Å². The molecule has 0 spiro atoms. The quantitative estimate of drug-likeness (QED) is 0.732. The first-order valence-corrected chi connectivity index (χ1v) is 8.12. The molecule has 1 aliphatic heterocycles. The van der Waals surface area contributed by atoms with Gasteiger partial charge in [0.2, 0.25) is 0 Å². The first kappa shape index (κ1) is 15.4. The third kappa shape index (κ3) is 3.14. The Hall–Kier alpha value is -1.48. The largest absolute Gasteiger partial charge is 0.484 e. The van der Waals surface area contributed by atoms with Gasteiger partial charge in [-0.1, -0.05) is 17.7 Å². The minimum atomic E-state index is -0.135. The second kappa shape index (κ2) is 6.74. The van der Waals surface area contributed by atoms with Crippen LogP contribution in [-0.2, 0) is 6.54 Å². The predicted molar refractivity (Wildman–Crippen MR) is 86.7 cm³/mol. The lowest BCUT2D eigenvalue weighted by Gasteiger charge is -2.19. The van der Waals surface area contributed by atoms with Crippen LogP contribution in [0.5, 0.6) is 5.75 Å². The maximum atomic E-state index is 8.90. The average molecular weight is 382 g/mol. The SMILES string of the molecule is N#CCN1CCC(Oc2cccc(Br)c2Cl)c2ccoc2C1. The van der Waals surface area contributed by atoms with Gasteiger partial charge in [0.1, 0.15) is 17.6 Å². The van der Waals surface area contributed by atoms with Crippen LogP contribution in [0.25, 0.3) is 0 Å². The number of rotatable bonds is 3. The van der Waals surface area contributed by atoms with Gasteiger partial charge in [-0.05, 0) is 34.1 Å². The van der Waals surface area contributed by atoms with Crippen molar-refractivity contribution in [3.63, 3.8) is 0 Å². The molecule has 6 heteroatoms. The zero-order valence-corrected chi connectivity index (χ0v) is 14.1. The van der Waals surface area contributed by atoms with Gasteiger partial charge in [-0.15, -0.1) is 0 Å². The molecule has 0 fully saturated rings. The normalized spacial score (nSPS) is 18.3. The Labute approximate surface area is 142 Å². The van der Waals surface area contributed by atoms with E-state index in [0.29, 0.717) is 23.9 Å². The summed E-state index contributed by atoms with van der Waals surface area (Å²) in [7, 11) is 0. The standard InChI is InChI=1S/C16H14BrClN2O2/c17-12-2-1-3-14(16(12)18)22-13-4-7-20(8-6-19)10-15-11(13)5-9-21-15/h1-3,5,9,13H,4,7-8,10H2. The molecule has 2 heterocycles. The van der Waals surface area contributed by atoms with E-state index in [0.717, 1.165) is 28.8 Å². The minimum Gasteiger partial charge on any atom is -0.484 e. The molecule has 1 unspecified atom stereocenters. The van der Waals surface area contributed by atoms with Crippen LogP contribution in [-0.4, -0.2) is 18.0 Å². The number of nitrogens with zero attached hydrogens (tertiary/aromatic N) is 2. The molecule has 1 atom stereocenters. The molecule has 2 aromatic rings. The van der Waals surface area contributed by atoms with Crippen molar-refractivity contribution in [2.45, 2.75) is 19.1 Å². The van der Waals surface area contributed by atoms with E-state index in [1.165, 1.54) is 0 Å². The van der Waals surface area contributed by atoms with E-state index < -0.39 is 0 Å². The van der Waals surface area contributed by atoms with E-state index in [-0.39, 0.29) is 6.10 Å². The van der Waals surface area contributed by atoms with Gasteiger partial charge in [-0.25, -0.2) is 0 Å². The maximum Gasteiger partial charge on any atom is 0.139 e. The Morgan fingerprint density at radius 1 is 1.45 bits per heavy atom. The summed E-state index contributed by atoms with van der Waals surface area (Å²) in [6, 6.07) is 9.73. The topological polar surface area (TPSA) is 49.4 Å². The summed E-state index contributed by atoms with van der Waals surface area (Å²) in [5, 5.41) is 9.46. The summed E-state index contributed by atoms with van der Waals surface area (Å²) in [6.07, 6.45) is 2.31. The summed E-state index contributed by atoms with van der Waals surface area (Å²) < 4.78 is 12.5. The molecule has 0 saturated heterocycles. The van der Waals surface area contributed by atoms with E-state index in [9.17, 15) is 0 Å². The number of furan rings is 1. The highest BCUT2D eigenvalue weighted by atomic mass is 79.9. The second-order valence-electron chi connectivity index (χ2n) is 5.12. The van der Waals surface area contributed by atoms with E-state index >= 15 is 0 Å². The van der Waals surface area contributed by atoms with Gasteiger partial charge in [0.15, 0.2) is 0 Å². The Kier molecular flexibility index (Phi) is 4.72. The third-order valence-electron chi connectivity index (χ3n) is 3.68. The lowest BCUT2D eigenvalue weighted by Crippen LogP contribution is -2.23. The van der Waals surface area contributed by atoms with E-state index in [1.54, 1.807) is 6.26 Å². The molecule has 0 radical (unpaired) electrons.